The zero-order valence-corrected chi connectivity index (χ0v) is 13.5. The summed E-state index contributed by atoms with van der Waals surface area (Å²) in [5.41, 5.74) is 0.878. The van der Waals surface area contributed by atoms with Crippen LogP contribution in [0.25, 0.3) is 11.4 Å². The zero-order chi connectivity index (χ0) is 15.9. The topological polar surface area (TPSA) is 67.5 Å². The number of pyridine rings is 1. The Morgan fingerprint density at radius 1 is 1.22 bits per heavy atom. The van der Waals surface area contributed by atoms with E-state index >= 15 is 0 Å². The van der Waals surface area contributed by atoms with E-state index in [0.29, 0.717) is 18.3 Å². The van der Waals surface area contributed by atoms with Gasteiger partial charge in [0.05, 0.1) is 13.2 Å². The van der Waals surface area contributed by atoms with Crippen molar-refractivity contribution in [1.29, 1.82) is 0 Å². The van der Waals surface area contributed by atoms with Gasteiger partial charge < -0.3 is 9.26 Å². The van der Waals surface area contributed by atoms with Crippen molar-refractivity contribution in [1.82, 2.24) is 24.9 Å². The van der Waals surface area contributed by atoms with Crippen molar-refractivity contribution in [3.8, 4) is 11.4 Å². The van der Waals surface area contributed by atoms with Gasteiger partial charge in [0.25, 0.3) is 0 Å². The molecule has 0 saturated carbocycles. The Morgan fingerprint density at radius 3 is 2.78 bits per heavy atom. The van der Waals surface area contributed by atoms with E-state index in [1.807, 2.05) is 19.1 Å². The van der Waals surface area contributed by atoms with Crippen molar-refractivity contribution >= 4 is 0 Å². The van der Waals surface area contributed by atoms with Gasteiger partial charge in [0.2, 0.25) is 11.7 Å². The molecule has 0 radical (unpaired) electrons. The van der Waals surface area contributed by atoms with Crippen molar-refractivity contribution in [2.24, 2.45) is 0 Å². The van der Waals surface area contributed by atoms with Crippen LogP contribution in [0.5, 0.6) is 0 Å². The lowest BCUT2D eigenvalue weighted by Gasteiger charge is -2.33. The van der Waals surface area contributed by atoms with Gasteiger partial charge >= 0.3 is 0 Å². The van der Waals surface area contributed by atoms with Gasteiger partial charge in [-0.2, -0.15) is 4.98 Å². The van der Waals surface area contributed by atoms with Crippen LogP contribution in [-0.2, 0) is 11.3 Å². The van der Waals surface area contributed by atoms with E-state index in [0.717, 1.165) is 51.5 Å². The van der Waals surface area contributed by atoms with Gasteiger partial charge in [-0.3, -0.25) is 14.8 Å². The van der Waals surface area contributed by atoms with Crippen LogP contribution in [0.2, 0.25) is 0 Å². The van der Waals surface area contributed by atoms with E-state index in [4.69, 9.17) is 9.26 Å². The fourth-order valence-corrected chi connectivity index (χ4v) is 2.63. The third-order valence-corrected chi connectivity index (χ3v) is 3.97. The maximum absolute atomic E-state index is 5.41. The minimum Gasteiger partial charge on any atom is -0.380 e. The molecule has 0 aliphatic carbocycles. The van der Waals surface area contributed by atoms with Crippen LogP contribution in [0.1, 0.15) is 12.8 Å². The highest BCUT2D eigenvalue weighted by atomic mass is 16.5. The van der Waals surface area contributed by atoms with Crippen LogP contribution in [0.15, 0.2) is 29.0 Å². The molecule has 1 saturated heterocycles. The molecule has 124 valence electrons. The van der Waals surface area contributed by atoms with Gasteiger partial charge in [0.1, 0.15) is 0 Å². The summed E-state index contributed by atoms with van der Waals surface area (Å²) in [6, 6.07) is 3.80. The number of aromatic nitrogens is 3. The largest absolute Gasteiger partial charge is 0.380 e. The molecule has 0 spiro atoms. The summed E-state index contributed by atoms with van der Waals surface area (Å²) < 4.78 is 10.8. The number of ether oxygens (including phenoxy) is 1. The van der Waals surface area contributed by atoms with Gasteiger partial charge in [-0.05, 0) is 19.1 Å². The molecule has 0 amide bonds. The fourth-order valence-electron chi connectivity index (χ4n) is 2.63. The van der Waals surface area contributed by atoms with Gasteiger partial charge in [-0.25, -0.2) is 0 Å². The minimum absolute atomic E-state index is 0.600. The molecular weight excluding hydrogens is 294 g/mol. The minimum atomic E-state index is 0.600. The Bertz CT molecular complexity index is 581. The van der Waals surface area contributed by atoms with Crippen LogP contribution in [0, 0.1) is 0 Å². The molecule has 0 bridgehead atoms. The Labute approximate surface area is 136 Å². The number of hydrogen-bond donors (Lipinski definition) is 0. The van der Waals surface area contributed by atoms with Gasteiger partial charge in [-0.1, -0.05) is 5.16 Å². The summed E-state index contributed by atoms with van der Waals surface area (Å²) in [4.78, 5) is 13.3. The first-order chi connectivity index (χ1) is 11.3. The zero-order valence-electron chi connectivity index (χ0n) is 13.5. The molecule has 1 aliphatic heterocycles. The average Bonchev–Trinajstić information content (AvgIpc) is 3.06. The Kier molecular flexibility index (Phi) is 5.68. The maximum Gasteiger partial charge on any atom is 0.241 e. The molecule has 2 aromatic rings. The second-order valence-electron chi connectivity index (χ2n) is 5.57. The highest BCUT2D eigenvalue weighted by Crippen LogP contribution is 2.15. The van der Waals surface area contributed by atoms with Gasteiger partial charge in [0, 0.05) is 57.3 Å². The first-order valence-electron chi connectivity index (χ1n) is 8.10. The molecule has 0 aromatic carbocycles. The Balaban J connectivity index is 1.47. The highest BCUT2D eigenvalue weighted by Gasteiger charge is 2.19. The van der Waals surface area contributed by atoms with E-state index in [9.17, 15) is 0 Å². The molecule has 0 unspecified atom stereocenters. The number of nitrogens with zero attached hydrogens (tertiary/aromatic N) is 5. The molecule has 0 N–H and O–H groups in total. The van der Waals surface area contributed by atoms with Crippen molar-refractivity contribution in [2.75, 3.05) is 45.9 Å². The Hall–Kier alpha value is -1.83. The van der Waals surface area contributed by atoms with Crippen LogP contribution in [-0.4, -0.2) is 70.9 Å². The number of piperazine rings is 1. The Morgan fingerprint density at radius 2 is 2.04 bits per heavy atom. The highest BCUT2D eigenvalue weighted by molar-refractivity contribution is 5.51. The molecule has 7 nitrogen and oxygen atoms in total. The van der Waals surface area contributed by atoms with Crippen molar-refractivity contribution in [3.05, 3.63) is 30.4 Å². The third-order valence-electron chi connectivity index (χ3n) is 3.97. The first kappa shape index (κ1) is 16.0. The normalized spacial score (nSPS) is 16.7. The van der Waals surface area contributed by atoms with E-state index < -0.39 is 0 Å². The summed E-state index contributed by atoms with van der Waals surface area (Å²) >= 11 is 0. The maximum atomic E-state index is 5.41. The predicted octanol–water partition coefficient (Wildman–Crippen LogP) is 1.29. The van der Waals surface area contributed by atoms with Gasteiger partial charge in [0.15, 0.2) is 0 Å². The summed E-state index contributed by atoms with van der Waals surface area (Å²) in [5, 5.41) is 4.04. The summed E-state index contributed by atoms with van der Waals surface area (Å²) in [6.45, 7) is 9.47. The van der Waals surface area contributed by atoms with Crippen LogP contribution < -0.4 is 0 Å². The smallest absolute Gasteiger partial charge is 0.241 e. The summed E-state index contributed by atoms with van der Waals surface area (Å²) in [5.74, 6) is 1.26. The second-order valence-corrected chi connectivity index (χ2v) is 5.57. The van der Waals surface area contributed by atoms with E-state index in [1.54, 1.807) is 12.4 Å². The SMILES string of the molecule is CCOCCN1CCN(Cc2nc(-c3cccnc3)no2)CC1. The number of hydrogen-bond acceptors (Lipinski definition) is 7. The lowest BCUT2D eigenvalue weighted by molar-refractivity contribution is 0.0749. The third kappa shape index (κ3) is 4.57. The monoisotopic (exact) mass is 317 g/mol. The molecule has 3 heterocycles. The van der Waals surface area contributed by atoms with E-state index in [-0.39, 0.29) is 0 Å². The molecule has 7 heteroatoms. The molecule has 1 aliphatic rings. The van der Waals surface area contributed by atoms with Crippen molar-refractivity contribution < 1.29 is 9.26 Å². The molecule has 2 aromatic heterocycles. The molecule has 3 rings (SSSR count). The van der Waals surface area contributed by atoms with E-state index in [2.05, 4.69) is 24.9 Å². The average molecular weight is 317 g/mol. The lowest BCUT2D eigenvalue weighted by atomic mass is 10.3. The van der Waals surface area contributed by atoms with E-state index in [1.165, 1.54) is 0 Å². The van der Waals surface area contributed by atoms with Crippen LogP contribution in [0.4, 0.5) is 0 Å². The van der Waals surface area contributed by atoms with Crippen LogP contribution >= 0.6 is 0 Å². The summed E-state index contributed by atoms with van der Waals surface area (Å²) in [7, 11) is 0. The molecule has 0 atom stereocenters. The van der Waals surface area contributed by atoms with Gasteiger partial charge in [-0.15, -0.1) is 0 Å². The molecule has 23 heavy (non-hydrogen) atoms. The lowest BCUT2D eigenvalue weighted by Crippen LogP contribution is -2.46. The number of rotatable bonds is 7. The predicted molar refractivity (Wildman–Crippen MR) is 85.7 cm³/mol. The van der Waals surface area contributed by atoms with Crippen LogP contribution in [0.3, 0.4) is 0 Å². The standard InChI is InChI=1S/C16H23N5O2/c1-2-22-11-10-20-6-8-21(9-7-20)13-15-18-16(19-23-15)14-4-3-5-17-12-14/h3-5,12H,2,6-11,13H2,1H3. The van der Waals surface area contributed by atoms with Crippen molar-refractivity contribution in [3.63, 3.8) is 0 Å². The van der Waals surface area contributed by atoms with Crippen molar-refractivity contribution in [2.45, 2.75) is 13.5 Å². The molecular formula is C16H23N5O2. The second kappa shape index (κ2) is 8.14. The summed E-state index contributed by atoms with van der Waals surface area (Å²) in [6.07, 6.45) is 3.47. The first-order valence-corrected chi connectivity index (χ1v) is 8.10. The fraction of sp³-hybridized carbons (Fsp3) is 0.562. The molecule has 1 fully saturated rings. The quantitative estimate of drug-likeness (QED) is 0.713.